The molecule has 2 rings (SSSR count). The Morgan fingerprint density at radius 1 is 1.29 bits per heavy atom. The average molecular weight is 245 g/mol. The Bertz CT molecular complexity index is 397. The van der Waals surface area contributed by atoms with Gasteiger partial charge in [0.05, 0.1) is 5.69 Å². The van der Waals surface area contributed by atoms with E-state index in [1.54, 1.807) is 0 Å². The summed E-state index contributed by atoms with van der Waals surface area (Å²) in [6, 6.07) is 0.974. The fourth-order valence-corrected chi connectivity index (χ4v) is 2.02. The van der Waals surface area contributed by atoms with Crippen molar-refractivity contribution in [3.63, 3.8) is 0 Å². The molecule has 1 aliphatic rings. The highest BCUT2D eigenvalue weighted by molar-refractivity contribution is 5.17. The molecule has 1 fully saturated rings. The molecule has 3 nitrogen and oxygen atoms in total. The van der Waals surface area contributed by atoms with E-state index in [-0.39, 0.29) is 11.9 Å². The lowest BCUT2D eigenvalue weighted by atomic mass is 10.0. The van der Waals surface area contributed by atoms with Crippen molar-refractivity contribution in [3.8, 4) is 0 Å². The Morgan fingerprint density at radius 3 is 2.65 bits per heavy atom. The number of alkyl halides is 3. The van der Waals surface area contributed by atoms with Crippen LogP contribution < -0.4 is 5.32 Å². The zero-order valence-electron chi connectivity index (χ0n) is 9.51. The molecular formula is C11H14F3N3. The van der Waals surface area contributed by atoms with Gasteiger partial charge in [-0.15, -0.1) is 0 Å². The van der Waals surface area contributed by atoms with Gasteiger partial charge in [0.1, 0.15) is 11.5 Å². The summed E-state index contributed by atoms with van der Waals surface area (Å²) < 4.78 is 37.8. The third-order valence-electron chi connectivity index (χ3n) is 2.82. The van der Waals surface area contributed by atoms with Crippen LogP contribution in [-0.4, -0.2) is 16.5 Å². The molecule has 0 amide bonds. The van der Waals surface area contributed by atoms with Crippen LogP contribution in [0.2, 0.25) is 0 Å². The topological polar surface area (TPSA) is 37.8 Å². The van der Waals surface area contributed by atoms with E-state index >= 15 is 0 Å². The van der Waals surface area contributed by atoms with Gasteiger partial charge < -0.3 is 5.32 Å². The van der Waals surface area contributed by atoms with E-state index in [2.05, 4.69) is 15.3 Å². The molecule has 1 aromatic heterocycles. The predicted molar refractivity (Wildman–Crippen MR) is 56.4 cm³/mol. The minimum Gasteiger partial charge on any atom is -0.309 e. The molecule has 0 aliphatic carbocycles. The van der Waals surface area contributed by atoms with Gasteiger partial charge in [-0.1, -0.05) is 6.42 Å². The standard InChI is InChI=1S/C11H14F3N3/c1-7-16-9(8-4-2-3-5-15-8)6-10(17-7)11(12,13)14/h6,8,15H,2-5H2,1H3/t8-/m0/s1. The first-order valence-electron chi connectivity index (χ1n) is 5.63. The number of nitrogens with zero attached hydrogens (tertiary/aromatic N) is 2. The summed E-state index contributed by atoms with van der Waals surface area (Å²) in [6.45, 7) is 2.32. The number of aryl methyl sites for hydroxylation is 1. The van der Waals surface area contributed by atoms with E-state index in [4.69, 9.17) is 0 Å². The molecule has 1 aromatic rings. The van der Waals surface area contributed by atoms with Crippen LogP contribution in [0.5, 0.6) is 0 Å². The Morgan fingerprint density at radius 2 is 2.06 bits per heavy atom. The lowest BCUT2D eigenvalue weighted by molar-refractivity contribution is -0.141. The van der Waals surface area contributed by atoms with E-state index in [0.717, 1.165) is 31.9 Å². The van der Waals surface area contributed by atoms with Gasteiger partial charge in [0.15, 0.2) is 0 Å². The highest BCUT2D eigenvalue weighted by atomic mass is 19.4. The van der Waals surface area contributed by atoms with Crippen molar-refractivity contribution in [2.45, 2.75) is 38.4 Å². The zero-order chi connectivity index (χ0) is 12.5. The normalized spacial score (nSPS) is 21.5. The van der Waals surface area contributed by atoms with Gasteiger partial charge in [0, 0.05) is 6.04 Å². The summed E-state index contributed by atoms with van der Waals surface area (Å²) in [6.07, 6.45) is -1.50. The van der Waals surface area contributed by atoms with Crippen LogP contribution in [-0.2, 0) is 6.18 Å². The monoisotopic (exact) mass is 245 g/mol. The Labute approximate surface area is 97.5 Å². The molecule has 1 atom stereocenters. The van der Waals surface area contributed by atoms with Gasteiger partial charge >= 0.3 is 6.18 Å². The third kappa shape index (κ3) is 2.94. The minimum atomic E-state index is -4.41. The molecule has 2 heterocycles. The summed E-state index contributed by atoms with van der Waals surface area (Å²) in [5.41, 5.74) is -0.406. The molecule has 0 unspecified atom stereocenters. The van der Waals surface area contributed by atoms with Crippen molar-refractivity contribution in [3.05, 3.63) is 23.3 Å². The highest BCUT2D eigenvalue weighted by Gasteiger charge is 2.34. The van der Waals surface area contributed by atoms with E-state index in [9.17, 15) is 13.2 Å². The quantitative estimate of drug-likeness (QED) is 0.826. The van der Waals surface area contributed by atoms with E-state index in [1.165, 1.54) is 6.92 Å². The summed E-state index contributed by atoms with van der Waals surface area (Å²) in [4.78, 5) is 7.53. The average Bonchev–Trinajstić information content (AvgIpc) is 2.28. The van der Waals surface area contributed by atoms with Crippen LogP contribution in [0.3, 0.4) is 0 Å². The molecular weight excluding hydrogens is 231 g/mol. The fourth-order valence-electron chi connectivity index (χ4n) is 2.02. The molecule has 1 aliphatic heterocycles. The maximum Gasteiger partial charge on any atom is 0.433 e. The second-order valence-electron chi connectivity index (χ2n) is 4.23. The number of hydrogen-bond donors (Lipinski definition) is 1. The second-order valence-corrected chi connectivity index (χ2v) is 4.23. The molecule has 0 radical (unpaired) electrons. The van der Waals surface area contributed by atoms with E-state index < -0.39 is 11.9 Å². The maximum absolute atomic E-state index is 12.6. The van der Waals surface area contributed by atoms with Crippen LogP contribution >= 0.6 is 0 Å². The summed E-state index contributed by atoms with van der Waals surface area (Å²) in [5.74, 6) is 0.169. The van der Waals surface area contributed by atoms with Crippen LogP contribution in [0.15, 0.2) is 6.07 Å². The van der Waals surface area contributed by atoms with Gasteiger partial charge in [-0.25, -0.2) is 9.97 Å². The number of nitrogens with one attached hydrogen (secondary N) is 1. The first-order valence-corrected chi connectivity index (χ1v) is 5.63. The van der Waals surface area contributed by atoms with E-state index in [0.29, 0.717) is 5.69 Å². The number of piperidine rings is 1. The van der Waals surface area contributed by atoms with Crippen molar-refractivity contribution in [1.29, 1.82) is 0 Å². The van der Waals surface area contributed by atoms with Crippen LogP contribution in [0, 0.1) is 6.92 Å². The van der Waals surface area contributed by atoms with Gasteiger partial charge in [-0.3, -0.25) is 0 Å². The molecule has 1 N–H and O–H groups in total. The van der Waals surface area contributed by atoms with Gasteiger partial charge in [-0.2, -0.15) is 13.2 Å². The predicted octanol–water partition coefficient (Wildman–Crippen LogP) is 2.62. The van der Waals surface area contributed by atoms with Crippen LogP contribution in [0.1, 0.15) is 42.5 Å². The van der Waals surface area contributed by atoms with Crippen molar-refractivity contribution < 1.29 is 13.2 Å². The Hall–Kier alpha value is -1.17. The first-order chi connectivity index (χ1) is 7.97. The molecule has 94 valence electrons. The fraction of sp³-hybridized carbons (Fsp3) is 0.636. The molecule has 1 saturated heterocycles. The molecule has 0 bridgehead atoms. The van der Waals surface area contributed by atoms with Crippen molar-refractivity contribution in [2.75, 3.05) is 6.54 Å². The highest BCUT2D eigenvalue weighted by Crippen LogP contribution is 2.30. The Kier molecular flexibility index (Phi) is 3.33. The summed E-state index contributed by atoms with van der Waals surface area (Å²) in [7, 11) is 0. The SMILES string of the molecule is Cc1nc([C@@H]2CCCCN2)cc(C(F)(F)F)n1. The lowest BCUT2D eigenvalue weighted by Gasteiger charge is -2.23. The maximum atomic E-state index is 12.6. The molecule has 17 heavy (non-hydrogen) atoms. The number of rotatable bonds is 1. The van der Waals surface area contributed by atoms with Crippen LogP contribution in [0.4, 0.5) is 13.2 Å². The number of aromatic nitrogens is 2. The Balaban J connectivity index is 2.31. The van der Waals surface area contributed by atoms with Gasteiger partial charge in [0.25, 0.3) is 0 Å². The van der Waals surface area contributed by atoms with Crippen molar-refractivity contribution in [1.82, 2.24) is 15.3 Å². The van der Waals surface area contributed by atoms with Crippen molar-refractivity contribution >= 4 is 0 Å². The largest absolute Gasteiger partial charge is 0.433 e. The smallest absolute Gasteiger partial charge is 0.309 e. The van der Waals surface area contributed by atoms with E-state index in [1.807, 2.05) is 0 Å². The number of halogens is 3. The lowest BCUT2D eigenvalue weighted by Crippen LogP contribution is -2.28. The summed E-state index contributed by atoms with van der Waals surface area (Å²) >= 11 is 0. The zero-order valence-corrected chi connectivity index (χ0v) is 9.51. The van der Waals surface area contributed by atoms with Crippen molar-refractivity contribution in [2.24, 2.45) is 0 Å². The second kappa shape index (κ2) is 4.60. The van der Waals surface area contributed by atoms with Gasteiger partial charge in [0.2, 0.25) is 0 Å². The molecule has 0 saturated carbocycles. The minimum absolute atomic E-state index is 0.0773. The molecule has 6 heteroatoms. The molecule has 0 aromatic carbocycles. The van der Waals surface area contributed by atoms with Crippen LogP contribution in [0.25, 0.3) is 0 Å². The number of hydrogen-bond acceptors (Lipinski definition) is 3. The summed E-state index contributed by atoms with van der Waals surface area (Å²) in [5, 5.41) is 3.18. The third-order valence-corrected chi connectivity index (χ3v) is 2.82. The molecule has 0 spiro atoms. The first kappa shape index (κ1) is 12.3. The van der Waals surface area contributed by atoms with Gasteiger partial charge in [-0.05, 0) is 32.4 Å².